The normalized spacial score (nSPS) is 11.9. The van der Waals surface area contributed by atoms with Gasteiger partial charge < -0.3 is 10.4 Å². The monoisotopic (exact) mass is 207 g/mol. The van der Waals surface area contributed by atoms with Gasteiger partial charge in [-0.2, -0.15) is 0 Å². The van der Waals surface area contributed by atoms with Crippen molar-refractivity contribution in [3.8, 4) is 0 Å². The van der Waals surface area contributed by atoms with E-state index in [1.54, 1.807) is 13.8 Å². The molecule has 1 rings (SSSR count). The SMILES string of the molecule is CC(C)c1ccc(NCC(C)(C)O)cc1. The minimum Gasteiger partial charge on any atom is -0.389 e. The first-order valence-electron chi connectivity index (χ1n) is 5.45. The molecule has 0 aliphatic rings. The first-order valence-corrected chi connectivity index (χ1v) is 5.45. The van der Waals surface area contributed by atoms with E-state index in [1.165, 1.54) is 5.56 Å². The summed E-state index contributed by atoms with van der Waals surface area (Å²) in [5.41, 5.74) is 1.72. The van der Waals surface area contributed by atoms with Crippen molar-refractivity contribution in [1.29, 1.82) is 0 Å². The average molecular weight is 207 g/mol. The molecule has 0 heterocycles. The molecule has 0 aliphatic heterocycles. The van der Waals surface area contributed by atoms with Gasteiger partial charge >= 0.3 is 0 Å². The van der Waals surface area contributed by atoms with Gasteiger partial charge in [-0.1, -0.05) is 26.0 Å². The number of anilines is 1. The summed E-state index contributed by atoms with van der Waals surface area (Å²) in [6.45, 7) is 8.51. The third-order valence-corrected chi connectivity index (χ3v) is 2.30. The fourth-order valence-corrected chi connectivity index (χ4v) is 1.30. The largest absolute Gasteiger partial charge is 0.389 e. The Balaban J connectivity index is 2.57. The van der Waals surface area contributed by atoms with Gasteiger partial charge in [0.25, 0.3) is 0 Å². The van der Waals surface area contributed by atoms with Gasteiger partial charge in [-0.25, -0.2) is 0 Å². The number of rotatable bonds is 4. The molecule has 1 aromatic carbocycles. The first-order chi connectivity index (χ1) is 6.88. The number of hydrogen-bond donors (Lipinski definition) is 2. The van der Waals surface area contributed by atoms with Crippen LogP contribution >= 0.6 is 0 Å². The molecule has 0 saturated carbocycles. The van der Waals surface area contributed by atoms with E-state index in [1.807, 2.05) is 0 Å². The zero-order valence-electron chi connectivity index (χ0n) is 10.0. The van der Waals surface area contributed by atoms with Gasteiger partial charge in [0.2, 0.25) is 0 Å². The van der Waals surface area contributed by atoms with Crippen molar-refractivity contribution in [2.45, 2.75) is 39.2 Å². The second kappa shape index (κ2) is 4.67. The molecule has 0 amide bonds. The summed E-state index contributed by atoms with van der Waals surface area (Å²) in [7, 11) is 0. The highest BCUT2D eigenvalue weighted by molar-refractivity contribution is 5.45. The van der Waals surface area contributed by atoms with Gasteiger partial charge in [0.1, 0.15) is 0 Å². The summed E-state index contributed by atoms with van der Waals surface area (Å²) in [6, 6.07) is 8.36. The van der Waals surface area contributed by atoms with Crippen molar-refractivity contribution >= 4 is 5.69 Å². The molecule has 0 aromatic heterocycles. The van der Waals surface area contributed by atoms with Crippen LogP contribution in [0.25, 0.3) is 0 Å². The summed E-state index contributed by atoms with van der Waals surface area (Å²) in [5.74, 6) is 0.563. The Kier molecular flexibility index (Phi) is 3.75. The quantitative estimate of drug-likeness (QED) is 0.795. The third kappa shape index (κ3) is 4.34. The Morgan fingerprint density at radius 3 is 2.13 bits per heavy atom. The summed E-state index contributed by atoms with van der Waals surface area (Å²) in [4.78, 5) is 0. The minimum atomic E-state index is -0.670. The second-order valence-electron chi connectivity index (χ2n) is 4.94. The number of nitrogens with one attached hydrogen (secondary N) is 1. The summed E-state index contributed by atoms with van der Waals surface area (Å²) >= 11 is 0. The maximum Gasteiger partial charge on any atom is 0.0763 e. The van der Waals surface area contributed by atoms with Crippen LogP contribution in [0.3, 0.4) is 0 Å². The van der Waals surface area contributed by atoms with E-state index in [0.29, 0.717) is 12.5 Å². The molecule has 0 bridgehead atoms. The molecule has 15 heavy (non-hydrogen) atoms. The number of hydrogen-bond acceptors (Lipinski definition) is 2. The van der Waals surface area contributed by atoms with Gasteiger partial charge in [0.05, 0.1) is 5.60 Å². The Labute approximate surface area is 92.3 Å². The molecule has 2 N–H and O–H groups in total. The van der Waals surface area contributed by atoms with Crippen LogP contribution in [0.15, 0.2) is 24.3 Å². The van der Waals surface area contributed by atoms with E-state index in [-0.39, 0.29) is 0 Å². The second-order valence-corrected chi connectivity index (χ2v) is 4.94. The molecule has 2 heteroatoms. The molecule has 0 unspecified atom stereocenters. The van der Waals surface area contributed by atoms with Crippen molar-refractivity contribution in [2.24, 2.45) is 0 Å². The Hall–Kier alpha value is -1.02. The van der Waals surface area contributed by atoms with Gasteiger partial charge in [-0.05, 0) is 37.5 Å². The minimum absolute atomic E-state index is 0.563. The van der Waals surface area contributed by atoms with Crippen LogP contribution in [0.2, 0.25) is 0 Å². The van der Waals surface area contributed by atoms with Gasteiger partial charge in [0, 0.05) is 12.2 Å². The fraction of sp³-hybridized carbons (Fsp3) is 0.538. The molecule has 0 atom stereocenters. The predicted octanol–water partition coefficient (Wildman–Crippen LogP) is 2.99. The Morgan fingerprint density at radius 1 is 1.20 bits per heavy atom. The molecule has 2 nitrogen and oxygen atoms in total. The van der Waals surface area contributed by atoms with Crippen molar-refractivity contribution in [2.75, 3.05) is 11.9 Å². The third-order valence-electron chi connectivity index (χ3n) is 2.30. The zero-order valence-corrected chi connectivity index (χ0v) is 10.0. The molecular weight excluding hydrogens is 186 g/mol. The van der Waals surface area contributed by atoms with Crippen molar-refractivity contribution < 1.29 is 5.11 Å². The summed E-state index contributed by atoms with van der Waals surface area (Å²) in [6.07, 6.45) is 0. The van der Waals surface area contributed by atoms with Gasteiger partial charge in [-0.15, -0.1) is 0 Å². The molecule has 0 saturated heterocycles. The molecule has 0 fully saturated rings. The highest BCUT2D eigenvalue weighted by Crippen LogP contribution is 2.17. The lowest BCUT2D eigenvalue weighted by Crippen LogP contribution is -2.29. The van der Waals surface area contributed by atoms with Crippen LogP contribution < -0.4 is 5.32 Å². The number of benzene rings is 1. The van der Waals surface area contributed by atoms with Crippen LogP contribution in [0, 0.1) is 0 Å². The van der Waals surface area contributed by atoms with Crippen LogP contribution in [0.1, 0.15) is 39.2 Å². The fourth-order valence-electron chi connectivity index (χ4n) is 1.30. The van der Waals surface area contributed by atoms with Gasteiger partial charge in [0.15, 0.2) is 0 Å². The molecule has 1 aromatic rings. The summed E-state index contributed by atoms with van der Waals surface area (Å²) < 4.78 is 0. The van der Waals surface area contributed by atoms with E-state index in [4.69, 9.17) is 0 Å². The van der Waals surface area contributed by atoms with E-state index in [2.05, 4.69) is 43.4 Å². The maximum absolute atomic E-state index is 9.56. The van der Waals surface area contributed by atoms with Crippen LogP contribution in [0.4, 0.5) is 5.69 Å². The lowest BCUT2D eigenvalue weighted by molar-refractivity contribution is 0.0945. The molecule has 84 valence electrons. The zero-order chi connectivity index (χ0) is 11.5. The Bertz CT molecular complexity index is 295. The van der Waals surface area contributed by atoms with Gasteiger partial charge in [-0.3, -0.25) is 0 Å². The number of aliphatic hydroxyl groups is 1. The summed E-state index contributed by atoms with van der Waals surface area (Å²) in [5, 5.41) is 12.8. The van der Waals surface area contributed by atoms with Crippen LogP contribution in [0.5, 0.6) is 0 Å². The Morgan fingerprint density at radius 2 is 1.73 bits per heavy atom. The molecule has 0 aliphatic carbocycles. The van der Waals surface area contributed by atoms with E-state index < -0.39 is 5.60 Å². The standard InChI is InChI=1S/C13H21NO/c1-10(2)11-5-7-12(8-6-11)14-9-13(3,4)15/h5-8,10,14-15H,9H2,1-4H3. The molecule has 0 radical (unpaired) electrons. The maximum atomic E-state index is 9.56. The lowest BCUT2D eigenvalue weighted by Gasteiger charge is -2.18. The molecular formula is C13H21NO. The van der Waals surface area contributed by atoms with Crippen LogP contribution in [-0.4, -0.2) is 17.3 Å². The van der Waals surface area contributed by atoms with Crippen LogP contribution in [-0.2, 0) is 0 Å². The van der Waals surface area contributed by atoms with E-state index >= 15 is 0 Å². The van der Waals surface area contributed by atoms with E-state index in [9.17, 15) is 5.11 Å². The van der Waals surface area contributed by atoms with Crippen molar-refractivity contribution in [1.82, 2.24) is 0 Å². The lowest BCUT2D eigenvalue weighted by atomic mass is 10.0. The molecule has 0 spiro atoms. The highest BCUT2D eigenvalue weighted by Gasteiger charge is 2.11. The van der Waals surface area contributed by atoms with Crippen molar-refractivity contribution in [3.05, 3.63) is 29.8 Å². The predicted molar refractivity (Wildman–Crippen MR) is 65.3 cm³/mol. The smallest absolute Gasteiger partial charge is 0.0763 e. The topological polar surface area (TPSA) is 32.3 Å². The van der Waals surface area contributed by atoms with E-state index in [0.717, 1.165) is 5.69 Å². The van der Waals surface area contributed by atoms with Crippen molar-refractivity contribution in [3.63, 3.8) is 0 Å². The average Bonchev–Trinajstić information content (AvgIpc) is 2.14. The highest BCUT2D eigenvalue weighted by atomic mass is 16.3. The first kappa shape index (κ1) is 12.1.